The van der Waals surface area contributed by atoms with Gasteiger partial charge >= 0.3 is 5.97 Å². The average Bonchev–Trinajstić information content (AvgIpc) is 2.28. The molecule has 1 aliphatic rings. The van der Waals surface area contributed by atoms with Crippen LogP contribution in [0.25, 0.3) is 0 Å². The molecule has 100 valence electrons. The molecule has 1 saturated heterocycles. The molecule has 0 spiro atoms. The number of hydrogen-bond acceptors (Lipinski definition) is 3. The Bertz CT molecular complexity index is 236. The van der Waals surface area contributed by atoms with Crippen LogP contribution < -0.4 is 0 Å². The molecule has 1 rings (SSSR count). The Morgan fingerprint density at radius 1 is 1.12 bits per heavy atom. The number of rotatable bonds is 6. The molecule has 0 aromatic rings. The van der Waals surface area contributed by atoms with Crippen molar-refractivity contribution in [2.75, 3.05) is 39.3 Å². The number of hydrogen-bond donors (Lipinski definition) is 1. The summed E-state index contributed by atoms with van der Waals surface area (Å²) in [6, 6.07) is 0. The van der Waals surface area contributed by atoms with E-state index in [4.69, 9.17) is 5.11 Å². The lowest BCUT2D eigenvalue weighted by Gasteiger charge is -2.35. The first-order valence-corrected chi connectivity index (χ1v) is 6.66. The molecule has 0 aromatic carbocycles. The van der Waals surface area contributed by atoms with Crippen molar-refractivity contribution in [3.8, 4) is 0 Å². The molecule has 1 unspecified atom stereocenters. The smallest absolute Gasteiger partial charge is 0.307 e. The van der Waals surface area contributed by atoms with Crippen molar-refractivity contribution in [3.63, 3.8) is 0 Å². The van der Waals surface area contributed by atoms with E-state index in [9.17, 15) is 4.79 Å². The minimum absolute atomic E-state index is 0.253. The fourth-order valence-corrected chi connectivity index (χ4v) is 2.10. The maximum absolute atomic E-state index is 10.8. The molecule has 0 bridgehead atoms. The highest BCUT2D eigenvalue weighted by Gasteiger charge is 2.20. The molecular formula is C13H26N2O2. The van der Waals surface area contributed by atoms with Crippen molar-refractivity contribution in [2.24, 2.45) is 11.8 Å². The molecule has 0 amide bonds. The molecule has 1 atom stereocenters. The summed E-state index contributed by atoms with van der Waals surface area (Å²) >= 11 is 0. The third kappa shape index (κ3) is 5.50. The lowest BCUT2D eigenvalue weighted by atomic mass is 10.1. The summed E-state index contributed by atoms with van der Waals surface area (Å²) in [5.41, 5.74) is 0. The van der Waals surface area contributed by atoms with Crippen LogP contribution in [0.4, 0.5) is 0 Å². The van der Waals surface area contributed by atoms with Crippen LogP contribution in [0.2, 0.25) is 0 Å². The summed E-state index contributed by atoms with van der Waals surface area (Å²) in [5, 5.41) is 8.87. The van der Waals surface area contributed by atoms with Gasteiger partial charge in [0.2, 0.25) is 0 Å². The zero-order valence-corrected chi connectivity index (χ0v) is 11.4. The molecule has 1 heterocycles. The Morgan fingerprint density at radius 2 is 1.65 bits per heavy atom. The van der Waals surface area contributed by atoms with Gasteiger partial charge in [0.1, 0.15) is 0 Å². The monoisotopic (exact) mass is 242 g/mol. The van der Waals surface area contributed by atoms with Crippen molar-refractivity contribution in [2.45, 2.75) is 27.2 Å². The molecule has 4 heteroatoms. The summed E-state index contributed by atoms with van der Waals surface area (Å²) in [5.74, 6) is -0.176. The predicted octanol–water partition coefficient (Wildman–Crippen LogP) is 1.37. The topological polar surface area (TPSA) is 43.8 Å². The van der Waals surface area contributed by atoms with Crippen molar-refractivity contribution in [3.05, 3.63) is 0 Å². The van der Waals surface area contributed by atoms with Crippen LogP contribution in [0.3, 0.4) is 0 Å². The molecule has 1 fully saturated rings. The Kier molecular flexibility index (Phi) is 5.92. The zero-order valence-electron chi connectivity index (χ0n) is 11.4. The predicted molar refractivity (Wildman–Crippen MR) is 69.1 cm³/mol. The Labute approximate surface area is 105 Å². The second kappa shape index (κ2) is 6.97. The average molecular weight is 242 g/mol. The summed E-state index contributed by atoms with van der Waals surface area (Å²) < 4.78 is 0. The van der Waals surface area contributed by atoms with Crippen LogP contribution >= 0.6 is 0 Å². The number of nitrogens with zero attached hydrogens (tertiary/aromatic N) is 2. The van der Waals surface area contributed by atoms with Crippen LogP contribution in [-0.2, 0) is 4.79 Å². The number of carboxylic acids is 1. The largest absolute Gasteiger partial charge is 0.481 e. The van der Waals surface area contributed by atoms with Crippen LogP contribution in [0.1, 0.15) is 27.2 Å². The maximum atomic E-state index is 10.8. The van der Waals surface area contributed by atoms with E-state index in [1.807, 2.05) is 0 Å². The number of aliphatic carboxylic acids is 1. The quantitative estimate of drug-likeness (QED) is 0.764. The van der Waals surface area contributed by atoms with E-state index in [1.54, 1.807) is 6.92 Å². The fourth-order valence-electron chi connectivity index (χ4n) is 2.10. The summed E-state index contributed by atoms with van der Waals surface area (Å²) in [7, 11) is 0. The van der Waals surface area contributed by atoms with Gasteiger partial charge in [-0.25, -0.2) is 0 Å². The molecule has 0 aromatic heterocycles. The molecule has 1 N–H and O–H groups in total. The highest BCUT2D eigenvalue weighted by atomic mass is 16.4. The summed E-state index contributed by atoms with van der Waals surface area (Å²) in [4.78, 5) is 15.5. The van der Waals surface area contributed by atoms with Gasteiger partial charge in [0, 0.05) is 32.7 Å². The second-order valence-electron chi connectivity index (χ2n) is 5.56. The van der Waals surface area contributed by atoms with Crippen LogP contribution in [0, 0.1) is 11.8 Å². The van der Waals surface area contributed by atoms with Crippen LogP contribution in [-0.4, -0.2) is 60.1 Å². The summed E-state index contributed by atoms with van der Waals surface area (Å²) in [6.45, 7) is 12.3. The molecule has 0 radical (unpaired) electrons. The molecule has 0 saturated carbocycles. The normalized spacial score (nSPS) is 20.7. The van der Waals surface area contributed by atoms with Gasteiger partial charge in [-0.15, -0.1) is 0 Å². The van der Waals surface area contributed by atoms with E-state index in [-0.39, 0.29) is 5.92 Å². The number of carboxylic acid groups (broad SMARTS) is 1. The van der Waals surface area contributed by atoms with Gasteiger partial charge < -0.3 is 10.0 Å². The van der Waals surface area contributed by atoms with E-state index in [2.05, 4.69) is 23.6 Å². The first kappa shape index (κ1) is 14.5. The van der Waals surface area contributed by atoms with E-state index in [0.29, 0.717) is 6.54 Å². The highest BCUT2D eigenvalue weighted by Crippen LogP contribution is 2.08. The Hall–Kier alpha value is -0.610. The maximum Gasteiger partial charge on any atom is 0.307 e. The molecule has 17 heavy (non-hydrogen) atoms. The second-order valence-corrected chi connectivity index (χ2v) is 5.56. The first-order valence-electron chi connectivity index (χ1n) is 6.66. The van der Waals surface area contributed by atoms with Gasteiger partial charge in [0.05, 0.1) is 5.92 Å². The summed E-state index contributed by atoms with van der Waals surface area (Å²) in [6.07, 6.45) is 1.26. The minimum atomic E-state index is -0.688. The number of piperazine rings is 1. The van der Waals surface area contributed by atoms with Crippen molar-refractivity contribution >= 4 is 5.97 Å². The van der Waals surface area contributed by atoms with E-state index < -0.39 is 5.97 Å². The zero-order chi connectivity index (χ0) is 12.8. The van der Waals surface area contributed by atoms with Gasteiger partial charge in [-0.1, -0.05) is 20.8 Å². The lowest BCUT2D eigenvalue weighted by Crippen LogP contribution is -2.48. The molecule has 4 nitrogen and oxygen atoms in total. The SMILES string of the molecule is CC(C)CCN1CCN(CC(C)C(=O)O)CC1. The van der Waals surface area contributed by atoms with Crippen LogP contribution in [0.15, 0.2) is 0 Å². The van der Waals surface area contributed by atoms with E-state index >= 15 is 0 Å². The van der Waals surface area contributed by atoms with Crippen molar-refractivity contribution in [1.82, 2.24) is 9.80 Å². The van der Waals surface area contributed by atoms with E-state index in [0.717, 1.165) is 32.1 Å². The van der Waals surface area contributed by atoms with Gasteiger partial charge in [0.15, 0.2) is 0 Å². The van der Waals surface area contributed by atoms with Crippen molar-refractivity contribution < 1.29 is 9.90 Å². The number of carbonyl (C=O) groups is 1. The molecular weight excluding hydrogens is 216 g/mol. The Morgan fingerprint density at radius 3 is 2.12 bits per heavy atom. The minimum Gasteiger partial charge on any atom is -0.481 e. The Balaban J connectivity index is 2.19. The van der Waals surface area contributed by atoms with Gasteiger partial charge in [-0.05, 0) is 18.9 Å². The first-order chi connectivity index (χ1) is 7.99. The third-order valence-corrected chi connectivity index (χ3v) is 3.44. The van der Waals surface area contributed by atoms with Gasteiger partial charge in [0.25, 0.3) is 0 Å². The third-order valence-electron chi connectivity index (χ3n) is 3.44. The standard InChI is InChI=1S/C13H26N2O2/c1-11(2)4-5-14-6-8-15(9-7-14)10-12(3)13(16)17/h11-12H,4-10H2,1-3H3,(H,16,17). The molecule has 0 aliphatic carbocycles. The van der Waals surface area contributed by atoms with E-state index in [1.165, 1.54) is 13.0 Å². The van der Waals surface area contributed by atoms with Crippen molar-refractivity contribution in [1.29, 1.82) is 0 Å². The van der Waals surface area contributed by atoms with Gasteiger partial charge in [-0.3, -0.25) is 9.69 Å². The molecule has 1 aliphatic heterocycles. The fraction of sp³-hybridized carbons (Fsp3) is 0.923. The van der Waals surface area contributed by atoms with Crippen LogP contribution in [0.5, 0.6) is 0 Å². The van der Waals surface area contributed by atoms with Gasteiger partial charge in [-0.2, -0.15) is 0 Å². The highest BCUT2D eigenvalue weighted by molar-refractivity contribution is 5.69. The lowest BCUT2D eigenvalue weighted by molar-refractivity contribution is -0.141.